The molecular formula is C12H18N6. The highest BCUT2D eigenvalue weighted by atomic mass is 15.0. The third-order valence-corrected chi connectivity index (χ3v) is 3.03. The number of allylic oxidation sites excluding steroid dienone is 6. The van der Waals surface area contributed by atoms with Crippen molar-refractivity contribution in [3.63, 3.8) is 0 Å². The van der Waals surface area contributed by atoms with Gasteiger partial charge in [-0.15, -0.1) is 0 Å². The smallest absolute Gasteiger partial charge is 0.124 e. The maximum absolute atomic E-state index is 5.80. The first-order valence-electron chi connectivity index (χ1n) is 5.46. The van der Waals surface area contributed by atoms with Gasteiger partial charge in [0.1, 0.15) is 11.3 Å². The van der Waals surface area contributed by atoms with Gasteiger partial charge in [0.25, 0.3) is 0 Å². The van der Waals surface area contributed by atoms with Gasteiger partial charge in [-0.1, -0.05) is 12.2 Å². The van der Waals surface area contributed by atoms with Crippen LogP contribution in [0.25, 0.3) is 0 Å². The lowest BCUT2D eigenvalue weighted by Gasteiger charge is -2.27. The number of hydrogen-bond acceptors (Lipinski definition) is 6. The van der Waals surface area contributed by atoms with E-state index in [0.29, 0.717) is 11.4 Å². The van der Waals surface area contributed by atoms with E-state index in [0.717, 1.165) is 11.1 Å². The van der Waals surface area contributed by atoms with Crippen LogP contribution >= 0.6 is 0 Å². The molecule has 6 nitrogen and oxygen atoms in total. The quantitative estimate of drug-likeness (QED) is 0.281. The van der Waals surface area contributed by atoms with E-state index in [2.05, 4.69) is 0 Å². The molecule has 2 aliphatic rings. The molecule has 0 amide bonds. The zero-order chi connectivity index (χ0) is 13.6. The fraction of sp³-hybridized carbons (Fsp3) is 0.167. The largest absolute Gasteiger partial charge is 0.399 e. The van der Waals surface area contributed by atoms with Crippen LogP contribution in [0, 0.1) is 0 Å². The molecule has 0 aliphatic heterocycles. The molecule has 2 aliphatic carbocycles. The van der Waals surface area contributed by atoms with Gasteiger partial charge in [-0.3, -0.25) is 0 Å². The van der Waals surface area contributed by atoms with Crippen LogP contribution in [-0.4, -0.2) is 11.3 Å². The lowest BCUT2D eigenvalue weighted by molar-refractivity contribution is 0.631. The summed E-state index contributed by atoms with van der Waals surface area (Å²) in [4.78, 5) is 0. The van der Waals surface area contributed by atoms with Gasteiger partial charge in [0.2, 0.25) is 0 Å². The van der Waals surface area contributed by atoms with Crippen molar-refractivity contribution in [3.8, 4) is 0 Å². The Morgan fingerprint density at radius 2 is 1.00 bits per heavy atom. The molecular weight excluding hydrogens is 228 g/mol. The van der Waals surface area contributed by atoms with Gasteiger partial charge in [0.05, 0.1) is 0 Å². The summed E-state index contributed by atoms with van der Waals surface area (Å²) in [6.45, 7) is 0. The first kappa shape index (κ1) is 12.6. The molecule has 0 aromatic carbocycles. The van der Waals surface area contributed by atoms with Crippen molar-refractivity contribution in [2.24, 2.45) is 34.4 Å². The van der Waals surface area contributed by atoms with Crippen LogP contribution in [0.3, 0.4) is 0 Å². The normalized spacial score (nSPS) is 28.9. The van der Waals surface area contributed by atoms with Crippen LogP contribution in [-0.2, 0) is 0 Å². The summed E-state index contributed by atoms with van der Waals surface area (Å²) in [7, 11) is 0. The molecule has 0 fully saturated rings. The average Bonchev–Trinajstić information content (AvgIpc) is 2.26. The van der Waals surface area contributed by atoms with Crippen molar-refractivity contribution in [2.75, 3.05) is 0 Å². The van der Waals surface area contributed by atoms with E-state index in [1.165, 1.54) is 0 Å². The van der Waals surface area contributed by atoms with Crippen LogP contribution in [0.5, 0.6) is 0 Å². The summed E-state index contributed by atoms with van der Waals surface area (Å²) >= 11 is 0. The van der Waals surface area contributed by atoms with Crippen molar-refractivity contribution < 1.29 is 0 Å². The Hall–Kier alpha value is -1.86. The summed E-state index contributed by atoms with van der Waals surface area (Å²) in [5.74, 6) is 0. The molecule has 12 N–H and O–H groups in total. The molecule has 0 saturated carbocycles. The lowest BCUT2D eigenvalue weighted by atomic mass is 9.91. The average molecular weight is 246 g/mol. The van der Waals surface area contributed by atoms with E-state index in [1.807, 2.05) is 0 Å². The van der Waals surface area contributed by atoms with Gasteiger partial charge < -0.3 is 34.4 Å². The van der Waals surface area contributed by atoms with Crippen molar-refractivity contribution in [1.29, 1.82) is 0 Å². The van der Waals surface area contributed by atoms with E-state index >= 15 is 0 Å². The Bertz CT molecular complexity index is 483. The minimum atomic E-state index is -1.11. The van der Waals surface area contributed by atoms with Gasteiger partial charge in [-0.2, -0.15) is 0 Å². The molecule has 0 aromatic heterocycles. The summed E-state index contributed by atoms with van der Waals surface area (Å²) in [5.41, 5.74) is 34.9. The Morgan fingerprint density at radius 1 is 0.667 bits per heavy atom. The molecule has 0 aromatic rings. The Morgan fingerprint density at radius 3 is 1.28 bits per heavy atom. The van der Waals surface area contributed by atoms with Crippen LogP contribution < -0.4 is 34.4 Å². The minimum absolute atomic E-state index is 0.380. The molecule has 2 rings (SSSR count). The molecule has 18 heavy (non-hydrogen) atoms. The second-order valence-corrected chi connectivity index (χ2v) is 4.64. The van der Waals surface area contributed by atoms with E-state index in [9.17, 15) is 0 Å². The summed E-state index contributed by atoms with van der Waals surface area (Å²) in [6.07, 6.45) is 10.3. The van der Waals surface area contributed by atoms with Gasteiger partial charge in [0, 0.05) is 11.4 Å². The monoisotopic (exact) mass is 246 g/mol. The number of rotatable bonds is 0. The molecule has 0 unspecified atom stereocenters. The summed E-state index contributed by atoms with van der Waals surface area (Å²) in [5, 5.41) is 0. The highest BCUT2D eigenvalue weighted by molar-refractivity contribution is 5.55. The Labute approximate surface area is 105 Å². The van der Waals surface area contributed by atoms with Crippen LogP contribution in [0.2, 0.25) is 0 Å². The summed E-state index contributed by atoms with van der Waals surface area (Å²) in [6, 6.07) is 0. The fourth-order valence-electron chi connectivity index (χ4n) is 1.69. The fourth-order valence-corrected chi connectivity index (χ4v) is 1.69. The molecule has 0 bridgehead atoms. The van der Waals surface area contributed by atoms with Crippen LogP contribution in [0.15, 0.2) is 59.0 Å². The molecule has 6 heteroatoms. The van der Waals surface area contributed by atoms with E-state index in [1.54, 1.807) is 36.5 Å². The first-order valence-corrected chi connectivity index (χ1v) is 5.46. The highest BCUT2D eigenvalue weighted by Gasteiger charge is 2.25. The minimum Gasteiger partial charge on any atom is -0.399 e. The van der Waals surface area contributed by atoms with E-state index in [4.69, 9.17) is 34.4 Å². The number of nitrogens with two attached hydrogens (primary N) is 6. The van der Waals surface area contributed by atoms with Gasteiger partial charge in [-0.25, -0.2) is 0 Å². The predicted molar refractivity (Wildman–Crippen MR) is 72.1 cm³/mol. The lowest BCUT2D eigenvalue weighted by Crippen LogP contribution is -2.53. The Balaban J connectivity index is 2.43. The predicted octanol–water partition coefficient (Wildman–Crippen LogP) is -1.66. The van der Waals surface area contributed by atoms with Gasteiger partial charge in [-0.05, 0) is 35.5 Å². The van der Waals surface area contributed by atoms with E-state index in [-0.39, 0.29) is 0 Å². The maximum Gasteiger partial charge on any atom is 0.124 e. The summed E-state index contributed by atoms with van der Waals surface area (Å²) < 4.78 is 0. The molecule has 0 spiro atoms. The van der Waals surface area contributed by atoms with Crippen molar-refractivity contribution in [1.82, 2.24) is 0 Å². The highest BCUT2D eigenvalue weighted by Crippen LogP contribution is 2.24. The Kier molecular flexibility index (Phi) is 2.67. The van der Waals surface area contributed by atoms with Gasteiger partial charge in [0.15, 0.2) is 0 Å². The molecule has 0 atom stereocenters. The molecule has 0 radical (unpaired) electrons. The van der Waals surface area contributed by atoms with Crippen molar-refractivity contribution in [2.45, 2.75) is 11.3 Å². The van der Waals surface area contributed by atoms with Crippen LogP contribution in [0.4, 0.5) is 0 Å². The zero-order valence-electron chi connectivity index (χ0n) is 9.93. The number of hydrogen-bond donors (Lipinski definition) is 6. The van der Waals surface area contributed by atoms with E-state index < -0.39 is 11.3 Å². The standard InChI is InChI=1S/C12H18N6/c13-9-5-7(1-3-11(9,15)16)8-2-4-12(17,18)10(14)6-8/h1-6H,13-18H2. The molecule has 0 saturated heterocycles. The van der Waals surface area contributed by atoms with Gasteiger partial charge >= 0.3 is 0 Å². The van der Waals surface area contributed by atoms with Crippen molar-refractivity contribution in [3.05, 3.63) is 59.0 Å². The topological polar surface area (TPSA) is 156 Å². The second kappa shape index (κ2) is 3.82. The molecule has 96 valence electrons. The first-order chi connectivity index (χ1) is 8.22. The second-order valence-electron chi connectivity index (χ2n) is 4.64. The SMILES string of the molecule is NC1=CC(=C2C=CC(N)(N)C(N)=C2)C=CC1(N)N. The zero-order valence-corrected chi connectivity index (χ0v) is 9.93. The molecule has 0 heterocycles. The maximum atomic E-state index is 5.80. The van der Waals surface area contributed by atoms with Crippen LogP contribution in [0.1, 0.15) is 0 Å². The van der Waals surface area contributed by atoms with Crippen molar-refractivity contribution >= 4 is 0 Å². The third-order valence-electron chi connectivity index (χ3n) is 3.03. The third kappa shape index (κ3) is 2.09.